The van der Waals surface area contributed by atoms with Crippen molar-refractivity contribution >= 4 is 0 Å². The standard InChI is InChI=1S/C3H6N.C3H7.V/c1-2-4-3-1;1-3-2;/h1,4H,2-3H2;3H,1-2H3;/q2*-1;+2. The van der Waals surface area contributed by atoms with Crippen molar-refractivity contribution in [2.75, 3.05) is 13.1 Å². The summed E-state index contributed by atoms with van der Waals surface area (Å²) in [6.07, 6.45) is 4.19. The number of hydrogen-bond donors (Lipinski definition) is 1. The van der Waals surface area contributed by atoms with E-state index in [1.54, 1.807) is 0 Å². The minimum atomic E-state index is 0. The molecule has 0 aromatic heterocycles. The van der Waals surface area contributed by atoms with Gasteiger partial charge in [0.15, 0.2) is 0 Å². The van der Waals surface area contributed by atoms with Crippen LogP contribution in [0.2, 0.25) is 0 Å². The van der Waals surface area contributed by atoms with Gasteiger partial charge in [0.05, 0.1) is 0 Å². The molecule has 0 aromatic rings. The molecule has 0 unspecified atom stereocenters. The molecule has 1 rings (SSSR count). The van der Waals surface area contributed by atoms with Crippen molar-refractivity contribution in [3.63, 3.8) is 0 Å². The number of hydrogen-bond acceptors (Lipinski definition) is 1. The third-order valence-electron chi connectivity index (χ3n) is 0.577. The minimum absolute atomic E-state index is 0. The molecule has 1 aliphatic heterocycles. The second-order valence-electron chi connectivity index (χ2n) is 1.52. The van der Waals surface area contributed by atoms with Crippen LogP contribution < -0.4 is 5.32 Å². The first kappa shape index (κ1) is 11.4. The largest absolute Gasteiger partial charge is 2.00 e. The van der Waals surface area contributed by atoms with Crippen molar-refractivity contribution in [3.05, 3.63) is 12.8 Å². The van der Waals surface area contributed by atoms with Crippen molar-refractivity contribution in [2.45, 2.75) is 13.8 Å². The average molecular weight is 150 g/mol. The second kappa shape index (κ2) is 10.5. The third-order valence-corrected chi connectivity index (χ3v) is 0.577. The van der Waals surface area contributed by atoms with E-state index in [0.717, 1.165) is 13.1 Å². The molecule has 1 saturated heterocycles. The molecule has 0 aliphatic carbocycles. The quantitative estimate of drug-likeness (QED) is 0.508. The van der Waals surface area contributed by atoms with Gasteiger partial charge in [0.2, 0.25) is 0 Å². The molecule has 1 heterocycles. The zero-order valence-electron chi connectivity index (χ0n) is 5.52. The van der Waals surface area contributed by atoms with Gasteiger partial charge in [0, 0.05) is 0 Å². The van der Waals surface area contributed by atoms with Gasteiger partial charge < -0.3 is 18.2 Å². The van der Waals surface area contributed by atoms with Crippen LogP contribution in [0.4, 0.5) is 0 Å². The van der Waals surface area contributed by atoms with Gasteiger partial charge in [0.1, 0.15) is 0 Å². The van der Waals surface area contributed by atoms with Crippen LogP contribution in [0.1, 0.15) is 13.8 Å². The topological polar surface area (TPSA) is 12.0 Å². The Morgan fingerprint density at radius 3 is 1.50 bits per heavy atom. The summed E-state index contributed by atoms with van der Waals surface area (Å²) in [4.78, 5) is 0. The summed E-state index contributed by atoms with van der Waals surface area (Å²) in [6, 6.07) is 0. The van der Waals surface area contributed by atoms with Gasteiger partial charge in [-0.25, -0.2) is 0 Å². The molecule has 47 valence electrons. The maximum absolute atomic E-state index is 3.06. The van der Waals surface area contributed by atoms with Crippen molar-refractivity contribution in [1.82, 2.24) is 5.32 Å². The molecule has 0 atom stereocenters. The van der Waals surface area contributed by atoms with Crippen LogP contribution in [0.3, 0.4) is 0 Å². The maximum atomic E-state index is 3.06. The van der Waals surface area contributed by atoms with Crippen molar-refractivity contribution in [1.29, 1.82) is 0 Å². The zero-order chi connectivity index (χ0) is 5.54. The third kappa shape index (κ3) is 9.74. The Labute approximate surface area is 64.1 Å². The van der Waals surface area contributed by atoms with Crippen LogP contribution in [-0.2, 0) is 18.6 Å². The van der Waals surface area contributed by atoms with E-state index in [1.807, 2.05) is 20.3 Å². The molecule has 0 aromatic carbocycles. The molecule has 1 radical (unpaired) electrons. The van der Waals surface area contributed by atoms with Gasteiger partial charge in [-0.2, -0.15) is 13.8 Å². The molecule has 1 nitrogen and oxygen atoms in total. The zero-order valence-corrected chi connectivity index (χ0v) is 6.91. The van der Waals surface area contributed by atoms with Gasteiger partial charge in [-0.05, 0) is 0 Å². The molecular formula is C6H13NV. The van der Waals surface area contributed by atoms with Gasteiger partial charge >= 0.3 is 18.6 Å². The summed E-state index contributed by atoms with van der Waals surface area (Å²) < 4.78 is 0. The van der Waals surface area contributed by atoms with Crippen molar-refractivity contribution in [3.8, 4) is 0 Å². The van der Waals surface area contributed by atoms with Gasteiger partial charge in [-0.3, -0.25) is 0 Å². The van der Waals surface area contributed by atoms with E-state index >= 15 is 0 Å². The Bertz CT molecular complexity index is 23.7. The average Bonchev–Trinajstić information content (AvgIpc) is 1.27. The summed E-state index contributed by atoms with van der Waals surface area (Å²) in [5.74, 6) is 0. The van der Waals surface area contributed by atoms with Gasteiger partial charge in [-0.1, -0.05) is 0 Å². The van der Waals surface area contributed by atoms with Crippen LogP contribution in [-0.4, -0.2) is 13.1 Å². The summed E-state index contributed by atoms with van der Waals surface area (Å²) in [6.45, 7) is 6.25. The SMILES string of the molecule is C[CH-]C.[CH-]1CNC1.[V+2]. The Hall–Kier alpha value is 0.544. The summed E-state index contributed by atoms with van der Waals surface area (Å²) >= 11 is 0. The predicted octanol–water partition coefficient (Wildman–Crippen LogP) is 1.02. The van der Waals surface area contributed by atoms with Crippen LogP contribution in [0, 0.1) is 12.8 Å². The molecule has 0 saturated carbocycles. The van der Waals surface area contributed by atoms with Crippen LogP contribution in [0.5, 0.6) is 0 Å². The monoisotopic (exact) mass is 150 g/mol. The van der Waals surface area contributed by atoms with Crippen molar-refractivity contribution < 1.29 is 18.6 Å². The Morgan fingerprint density at radius 1 is 1.38 bits per heavy atom. The van der Waals surface area contributed by atoms with Gasteiger partial charge in [-0.15, -0.1) is 13.1 Å². The minimum Gasteiger partial charge on any atom is -0.376 e. The molecule has 1 aliphatic rings. The first-order valence-corrected chi connectivity index (χ1v) is 2.68. The number of nitrogens with one attached hydrogen (secondary N) is 1. The molecular weight excluding hydrogens is 137 g/mol. The fraction of sp³-hybridized carbons (Fsp3) is 0.667. The van der Waals surface area contributed by atoms with E-state index in [2.05, 4.69) is 11.7 Å². The molecule has 0 amide bonds. The van der Waals surface area contributed by atoms with E-state index in [4.69, 9.17) is 0 Å². The molecule has 0 spiro atoms. The maximum Gasteiger partial charge on any atom is 2.00 e. The molecule has 1 N–H and O–H groups in total. The fourth-order valence-corrected chi connectivity index (χ4v) is 0.144. The van der Waals surface area contributed by atoms with E-state index in [0.29, 0.717) is 0 Å². The van der Waals surface area contributed by atoms with Crippen LogP contribution in [0.25, 0.3) is 0 Å². The first-order valence-electron chi connectivity index (χ1n) is 2.68. The molecule has 0 bridgehead atoms. The van der Waals surface area contributed by atoms with Crippen LogP contribution >= 0.6 is 0 Å². The fourth-order valence-electron chi connectivity index (χ4n) is 0.144. The number of rotatable bonds is 0. The Kier molecular flexibility index (Phi) is 14.9. The molecule has 1 fully saturated rings. The summed E-state index contributed by atoms with van der Waals surface area (Å²) in [5, 5.41) is 3.06. The van der Waals surface area contributed by atoms with Crippen LogP contribution in [0.15, 0.2) is 0 Å². The predicted molar refractivity (Wildman–Crippen MR) is 32.8 cm³/mol. The normalized spacial score (nSPS) is 14.2. The smallest absolute Gasteiger partial charge is 0.376 e. The van der Waals surface area contributed by atoms with Gasteiger partial charge in [0.25, 0.3) is 0 Å². The van der Waals surface area contributed by atoms with E-state index in [1.165, 1.54) is 0 Å². The summed E-state index contributed by atoms with van der Waals surface area (Å²) in [7, 11) is 0. The molecule has 8 heavy (non-hydrogen) atoms. The Balaban J connectivity index is 0. The Morgan fingerprint density at radius 2 is 1.50 bits per heavy atom. The second-order valence-corrected chi connectivity index (χ2v) is 1.52. The molecule has 2 heteroatoms. The first-order chi connectivity index (χ1) is 3.41. The van der Waals surface area contributed by atoms with E-state index < -0.39 is 0 Å². The van der Waals surface area contributed by atoms with Crippen molar-refractivity contribution in [2.24, 2.45) is 0 Å². The summed E-state index contributed by atoms with van der Waals surface area (Å²) in [5.41, 5.74) is 0. The van der Waals surface area contributed by atoms with E-state index in [9.17, 15) is 0 Å². The van der Waals surface area contributed by atoms with E-state index in [-0.39, 0.29) is 18.6 Å².